The standard InChI is InChI=1S/C14H16FN3O2/c1-8(18(3)14(16)20)10-7-17(2)13(19)12-9(10)5-4-6-11(12)15/h4-8H,1-3H3,(H2,16,20). The van der Waals surface area contributed by atoms with E-state index in [0.717, 1.165) is 0 Å². The van der Waals surface area contributed by atoms with Crippen LogP contribution in [-0.4, -0.2) is 22.5 Å². The Labute approximate surface area is 115 Å². The van der Waals surface area contributed by atoms with Gasteiger partial charge in [0.2, 0.25) is 0 Å². The number of rotatable bonds is 2. The summed E-state index contributed by atoms with van der Waals surface area (Å²) in [5.74, 6) is -0.570. The average molecular weight is 277 g/mol. The van der Waals surface area contributed by atoms with E-state index in [0.29, 0.717) is 10.9 Å². The van der Waals surface area contributed by atoms with Gasteiger partial charge in [-0.2, -0.15) is 0 Å². The summed E-state index contributed by atoms with van der Waals surface area (Å²) in [6.07, 6.45) is 1.61. The molecule has 5 nitrogen and oxygen atoms in total. The smallest absolute Gasteiger partial charge is 0.315 e. The van der Waals surface area contributed by atoms with Gasteiger partial charge in [0.1, 0.15) is 5.82 Å². The Morgan fingerprint density at radius 2 is 2.10 bits per heavy atom. The molecule has 0 saturated heterocycles. The molecule has 2 aromatic rings. The highest BCUT2D eigenvalue weighted by Gasteiger charge is 2.20. The van der Waals surface area contributed by atoms with Gasteiger partial charge in [0.05, 0.1) is 11.4 Å². The van der Waals surface area contributed by atoms with Crippen LogP contribution < -0.4 is 11.3 Å². The van der Waals surface area contributed by atoms with E-state index in [9.17, 15) is 14.0 Å². The number of fused-ring (bicyclic) bond motifs is 1. The van der Waals surface area contributed by atoms with E-state index in [1.807, 2.05) is 0 Å². The average Bonchev–Trinajstić information content (AvgIpc) is 2.41. The van der Waals surface area contributed by atoms with Gasteiger partial charge in [0.25, 0.3) is 5.56 Å². The number of nitrogens with zero attached hydrogens (tertiary/aromatic N) is 2. The van der Waals surface area contributed by atoms with E-state index >= 15 is 0 Å². The van der Waals surface area contributed by atoms with Crippen molar-refractivity contribution in [2.24, 2.45) is 12.8 Å². The summed E-state index contributed by atoms with van der Waals surface area (Å²) in [6, 6.07) is 3.49. The molecule has 2 rings (SSSR count). The van der Waals surface area contributed by atoms with Crippen LogP contribution in [0.4, 0.5) is 9.18 Å². The lowest BCUT2D eigenvalue weighted by molar-refractivity contribution is 0.204. The summed E-state index contributed by atoms with van der Waals surface area (Å²) >= 11 is 0. The Balaban J connectivity index is 2.78. The van der Waals surface area contributed by atoms with Crippen molar-refractivity contribution < 1.29 is 9.18 Å². The second kappa shape index (κ2) is 4.96. The molecule has 6 heteroatoms. The SMILES string of the molecule is CC(c1cn(C)c(=O)c2c(F)cccc12)N(C)C(N)=O. The zero-order valence-electron chi connectivity index (χ0n) is 11.6. The summed E-state index contributed by atoms with van der Waals surface area (Å²) < 4.78 is 15.2. The number of carbonyl (C=O) groups is 1. The molecule has 1 aromatic carbocycles. The van der Waals surface area contributed by atoms with Crippen molar-refractivity contribution in [1.29, 1.82) is 0 Å². The normalized spacial score (nSPS) is 12.4. The molecule has 2 amide bonds. The third kappa shape index (κ3) is 2.13. The Hall–Kier alpha value is -2.37. The minimum atomic E-state index is -0.587. The minimum Gasteiger partial charge on any atom is -0.351 e. The lowest BCUT2D eigenvalue weighted by Gasteiger charge is -2.25. The number of halogens is 1. The van der Waals surface area contributed by atoms with Gasteiger partial charge in [0, 0.05) is 20.3 Å². The van der Waals surface area contributed by atoms with Crippen molar-refractivity contribution in [3.05, 3.63) is 46.1 Å². The van der Waals surface area contributed by atoms with Crippen LogP contribution in [0.5, 0.6) is 0 Å². The van der Waals surface area contributed by atoms with E-state index < -0.39 is 17.4 Å². The molecule has 106 valence electrons. The highest BCUT2D eigenvalue weighted by molar-refractivity contribution is 5.86. The number of urea groups is 1. The van der Waals surface area contributed by atoms with Crippen LogP contribution in [0.25, 0.3) is 10.8 Å². The Kier molecular flexibility index (Phi) is 3.48. The van der Waals surface area contributed by atoms with E-state index in [4.69, 9.17) is 5.73 Å². The van der Waals surface area contributed by atoms with Crippen molar-refractivity contribution in [1.82, 2.24) is 9.47 Å². The van der Waals surface area contributed by atoms with Crippen LogP contribution in [0.3, 0.4) is 0 Å². The number of aromatic nitrogens is 1. The van der Waals surface area contributed by atoms with Crippen molar-refractivity contribution in [2.45, 2.75) is 13.0 Å². The Bertz CT molecular complexity index is 739. The number of aryl methyl sites for hydroxylation is 1. The number of pyridine rings is 1. The quantitative estimate of drug-likeness (QED) is 0.908. The first-order valence-corrected chi connectivity index (χ1v) is 6.14. The predicted octanol–water partition coefficient (Wildman–Crippen LogP) is 1.75. The molecule has 1 unspecified atom stereocenters. The molecular weight excluding hydrogens is 261 g/mol. The number of nitrogens with two attached hydrogens (primary N) is 1. The fourth-order valence-corrected chi connectivity index (χ4v) is 2.23. The number of carbonyl (C=O) groups excluding carboxylic acids is 1. The van der Waals surface area contributed by atoms with Gasteiger partial charge in [-0.25, -0.2) is 9.18 Å². The van der Waals surface area contributed by atoms with Gasteiger partial charge in [-0.15, -0.1) is 0 Å². The highest BCUT2D eigenvalue weighted by atomic mass is 19.1. The third-order valence-corrected chi connectivity index (χ3v) is 3.57. The molecule has 0 bridgehead atoms. The summed E-state index contributed by atoms with van der Waals surface area (Å²) in [6.45, 7) is 1.77. The maximum atomic E-state index is 13.9. The molecule has 0 aliphatic heterocycles. The lowest BCUT2D eigenvalue weighted by Crippen LogP contribution is -2.35. The van der Waals surface area contributed by atoms with Crippen LogP contribution in [0.15, 0.2) is 29.2 Å². The lowest BCUT2D eigenvalue weighted by atomic mass is 10.0. The van der Waals surface area contributed by atoms with Gasteiger partial charge < -0.3 is 15.2 Å². The second-order valence-electron chi connectivity index (χ2n) is 4.79. The van der Waals surface area contributed by atoms with Gasteiger partial charge in [-0.05, 0) is 23.9 Å². The van der Waals surface area contributed by atoms with E-state index in [1.54, 1.807) is 33.3 Å². The molecule has 1 atom stereocenters. The zero-order chi connectivity index (χ0) is 15.0. The zero-order valence-corrected chi connectivity index (χ0v) is 11.6. The first-order chi connectivity index (χ1) is 9.34. The second-order valence-corrected chi connectivity index (χ2v) is 4.79. The first-order valence-electron chi connectivity index (χ1n) is 6.14. The van der Waals surface area contributed by atoms with Crippen LogP contribution in [0, 0.1) is 5.82 Å². The molecule has 0 spiro atoms. The maximum absolute atomic E-state index is 13.9. The van der Waals surface area contributed by atoms with Crippen LogP contribution in [0.2, 0.25) is 0 Å². The van der Waals surface area contributed by atoms with Gasteiger partial charge >= 0.3 is 6.03 Å². The van der Waals surface area contributed by atoms with Crippen LogP contribution >= 0.6 is 0 Å². The van der Waals surface area contributed by atoms with Crippen LogP contribution in [0.1, 0.15) is 18.5 Å². The minimum absolute atomic E-state index is 0.0252. The van der Waals surface area contributed by atoms with Crippen molar-refractivity contribution in [3.63, 3.8) is 0 Å². The van der Waals surface area contributed by atoms with Gasteiger partial charge in [-0.1, -0.05) is 12.1 Å². The number of benzene rings is 1. The topological polar surface area (TPSA) is 68.3 Å². The number of hydrogen-bond acceptors (Lipinski definition) is 2. The molecule has 1 aromatic heterocycles. The summed E-state index contributed by atoms with van der Waals surface area (Å²) in [5.41, 5.74) is 5.52. The largest absolute Gasteiger partial charge is 0.351 e. The fraction of sp³-hybridized carbons (Fsp3) is 0.286. The summed E-state index contributed by atoms with van der Waals surface area (Å²) in [4.78, 5) is 24.7. The van der Waals surface area contributed by atoms with Gasteiger partial charge in [0.15, 0.2) is 0 Å². The highest BCUT2D eigenvalue weighted by Crippen LogP contribution is 2.26. The number of amides is 2. The van der Waals surface area contributed by atoms with Gasteiger partial charge in [-0.3, -0.25) is 4.79 Å². The molecule has 0 saturated carbocycles. The maximum Gasteiger partial charge on any atom is 0.315 e. The van der Waals surface area contributed by atoms with Crippen molar-refractivity contribution in [2.75, 3.05) is 7.05 Å². The molecule has 0 radical (unpaired) electrons. The number of primary amides is 1. The molecule has 0 fully saturated rings. The van der Waals surface area contributed by atoms with E-state index in [1.165, 1.54) is 21.6 Å². The monoisotopic (exact) mass is 277 g/mol. The number of hydrogen-bond donors (Lipinski definition) is 1. The third-order valence-electron chi connectivity index (χ3n) is 3.57. The van der Waals surface area contributed by atoms with Crippen LogP contribution in [-0.2, 0) is 7.05 Å². The first kappa shape index (κ1) is 14.0. The molecule has 20 heavy (non-hydrogen) atoms. The Morgan fingerprint density at radius 1 is 1.45 bits per heavy atom. The van der Waals surface area contributed by atoms with Crippen molar-refractivity contribution >= 4 is 16.8 Å². The van der Waals surface area contributed by atoms with E-state index in [-0.39, 0.29) is 11.4 Å². The summed E-state index contributed by atoms with van der Waals surface area (Å²) in [5, 5.41) is 0.519. The molecule has 0 aliphatic rings. The molecule has 1 heterocycles. The van der Waals surface area contributed by atoms with Crippen molar-refractivity contribution in [3.8, 4) is 0 Å². The molecular formula is C14H16FN3O2. The van der Waals surface area contributed by atoms with E-state index in [2.05, 4.69) is 0 Å². The fourth-order valence-electron chi connectivity index (χ4n) is 2.23. The Morgan fingerprint density at radius 3 is 2.70 bits per heavy atom. The molecule has 0 aliphatic carbocycles. The summed E-state index contributed by atoms with van der Waals surface area (Å²) in [7, 11) is 3.11. The molecule has 2 N–H and O–H groups in total. The predicted molar refractivity (Wildman–Crippen MR) is 74.9 cm³/mol.